The van der Waals surface area contributed by atoms with Crippen LogP contribution in [-0.2, 0) is 34.6 Å². The van der Waals surface area contributed by atoms with Crippen LogP contribution in [0.15, 0.2) is 41.9 Å². The van der Waals surface area contributed by atoms with Crippen molar-refractivity contribution in [1.82, 2.24) is 30.2 Å². The summed E-state index contributed by atoms with van der Waals surface area (Å²) in [7, 11) is -2.43. The molecular weight excluding hydrogens is 857 g/mol. The van der Waals surface area contributed by atoms with Crippen molar-refractivity contribution in [3.63, 3.8) is 0 Å². The smallest absolute Gasteiger partial charge is 0.408 e. The summed E-state index contributed by atoms with van der Waals surface area (Å²) < 4.78 is 45.9. The number of nitrogens with zero attached hydrogens (tertiary/aromatic N) is 3. The molecule has 0 spiro atoms. The Morgan fingerprint density at radius 3 is 2.45 bits per heavy atom. The van der Waals surface area contributed by atoms with Gasteiger partial charge in [-0.3, -0.25) is 19.1 Å². The van der Waals surface area contributed by atoms with Gasteiger partial charge >= 0.3 is 6.09 Å². The van der Waals surface area contributed by atoms with Crippen molar-refractivity contribution in [2.45, 2.75) is 153 Å². The fourth-order valence-corrected chi connectivity index (χ4v) is 11.1. The molecule has 2 saturated carbocycles. The zero-order chi connectivity index (χ0) is 46.6. The van der Waals surface area contributed by atoms with Gasteiger partial charge in [-0.15, -0.1) is 11.3 Å². The van der Waals surface area contributed by atoms with Crippen LogP contribution in [0.2, 0.25) is 0 Å². The number of carbonyl (C=O) groups is 4. The van der Waals surface area contributed by atoms with E-state index in [4.69, 9.17) is 24.2 Å². The fraction of sp³-hybridized carbons (Fsp3) is 0.617. The fourth-order valence-electron chi connectivity index (χ4n) is 8.74. The minimum atomic E-state index is -4.03. The summed E-state index contributed by atoms with van der Waals surface area (Å²) in [6.07, 6.45) is 7.70. The molecule has 0 bridgehead atoms. The quantitative estimate of drug-likeness (QED) is 0.184. The van der Waals surface area contributed by atoms with Gasteiger partial charge in [-0.2, -0.15) is 0 Å². The van der Waals surface area contributed by atoms with E-state index in [2.05, 4.69) is 43.1 Å². The van der Waals surface area contributed by atoms with Gasteiger partial charge in [-0.25, -0.2) is 23.2 Å². The third-order valence-electron chi connectivity index (χ3n) is 13.1. The number of hydrogen-bond acceptors (Lipinski definition) is 12. The van der Waals surface area contributed by atoms with E-state index in [1.54, 1.807) is 41.0 Å². The van der Waals surface area contributed by atoms with E-state index in [1.165, 1.54) is 16.2 Å². The van der Waals surface area contributed by atoms with Gasteiger partial charge in [0, 0.05) is 45.7 Å². The number of benzene rings is 1. The highest BCUT2D eigenvalue weighted by atomic mass is 32.2. The molecule has 2 aromatic heterocycles. The summed E-state index contributed by atoms with van der Waals surface area (Å²) in [5.41, 5.74) is -0.812. The van der Waals surface area contributed by atoms with Crippen LogP contribution in [0.3, 0.4) is 0 Å². The minimum Gasteiger partial charge on any atom is -0.497 e. The molecule has 348 valence electrons. The average molecular weight is 921 g/mol. The number of carbonyl (C=O) groups excluding carboxylic acids is 4. The maximum Gasteiger partial charge on any atom is 0.408 e. The highest BCUT2D eigenvalue weighted by Crippen LogP contribution is 2.48. The molecule has 15 nitrogen and oxygen atoms in total. The molecule has 3 aromatic rings. The van der Waals surface area contributed by atoms with Crippen molar-refractivity contribution in [3.8, 4) is 22.2 Å². The van der Waals surface area contributed by atoms with Gasteiger partial charge in [0.15, 0.2) is 0 Å². The van der Waals surface area contributed by atoms with Crippen LogP contribution < -0.4 is 24.8 Å². The van der Waals surface area contributed by atoms with Gasteiger partial charge < -0.3 is 29.7 Å². The Hall–Kier alpha value is -4.77. The van der Waals surface area contributed by atoms with Crippen molar-refractivity contribution in [2.75, 3.05) is 13.7 Å². The molecule has 17 heteroatoms. The number of aromatic nitrogens is 2. The first kappa shape index (κ1) is 47.2. The second-order valence-corrected chi connectivity index (χ2v) is 23.5. The molecule has 7 rings (SSSR count). The zero-order valence-corrected chi connectivity index (χ0v) is 40.3. The van der Waals surface area contributed by atoms with Crippen molar-refractivity contribution in [1.29, 1.82) is 0 Å². The number of sulfonamides is 1. The van der Waals surface area contributed by atoms with E-state index in [-0.39, 0.29) is 42.5 Å². The lowest BCUT2D eigenvalue weighted by atomic mass is 9.85. The summed E-state index contributed by atoms with van der Waals surface area (Å²) in [5, 5.41) is 10.1. The van der Waals surface area contributed by atoms with Gasteiger partial charge in [-0.05, 0) is 96.3 Å². The number of alkyl carbamates (subject to hydrolysis) is 1. The highest BCUT2D eigenvalue weighted by Gasteiger charge is 2.63. The van der Waals surface area contributed by atoms with Crippen LogP contribution in [0.25, 0.3) is 21.3 Å². The standard InChI is InChI=1S/C47H64N6O9S2/c1-11-28-20-27(2)14-12-13-15-29-23-47(29,42(56)52-64(58,59)46(9)18-19-46)51-38(54)35-22-31(25-53(35)41(55)37(28)50-43(57)62-45(6,7)8)61-39-32-17-16-30(60-10)21-33(32)34(24-48-39)40-49-36(26-63-40)44(3,4)5/h13,15-17,21,24,26-29,31,35,37H,11-12,14,18-20,22-23,25H2,1-10H3,(H,50,57)(H,51,54)(H,52,56)/b15-13-/t27-,28-,29-,31-,35+,37+,47-/m1/s1. The Kier molecular flexibility index (Phi) is 12.9. The van der Waals surface area contributed by atoms with E-state index in [0.717, 1.165) is 28.1 Å². The van der Waals surface area contributed by atoms with E-state index in [9.17, 15) is 22.8 Å². The first-order valence-corrected chi connectivity index (χ1v) is 24.8. The molecular formula is C47H64N6O9S2. The SMILES string of the molecule is CC[C@@H]1C[C@H](C)CC/C=C\[C@@H]2C[C@@]2(C(=O)NS(=O)(=O)C2(C)CC2)NC(=O)[C@@H]2C[C@@H](Oc3ncc(-c4nc(C(C)(C)C)cs4)c4cc(OC)ccc34)CN2C(=O)[C@H]1NC(=O)OC(C)(C)C. The Morgan fingerprint density at radius 2 is 1.81 bits per heavy atom. The number of allylic oxidation sites excluding steroid dienone is 1. The molecule has 0 unspecified atom stereocenters. The zero-order valence-electron chi connectivity index (χ0n) is 38.7. The minimum absolute atomic E-state index is 0.0149. The summed E-state index contributed by atoms with van der Waals surface area (Å²) in [5.74, 6) is -1.67. The molecule has 3 N–H and O–H groups in total. The molecule has 1 aromatic carbocycles. The lowest BCUT2D eigenvalue weighted by molar-refractivity contribution is -0.142. The lowest BCUT2D eigenvalue weighted by Crippen LogP contribution is -2.59. The number of pyridine rings is 1. The number of ether oxygens (including phenoxy) is 3. The maximum absolute atomic E-state index is 15.2. The van der Waals surface area contributed by atoms with Crippen molar-refractivity contribution in [2.24, 2.45) is 17.8 Å². The Balaban J connectivity index is 1.26. The van der Waals surface area contributed by atoms with Crippen LogP contribution in [0.4, 0.5) is 4.79 Å². The van der Waals surface area contributed by atoms with Crippen molar-refractivity contribution >= 4 is 55.9 Å². The average Bonchev–Trinajstić information content (AvgIpc) is 3.99. The van der Waals surface area contributed by atoms with Gasteiger partial charge in [0.05, 0.1) is 24.1 Å². The van der Waals surface area contributed by atoms with Crippen LogP contribution in [-0.4, -0.2) is 94.8 Å². The molecule has 0 radical (unpaired) electrons. The topological polar surface area (TPSA) is 195 Å². The third-order valence-corrected chi connectivity index (χ3v) is 16.2. The predicted octanol–water partition coefficient (Wildman–Crippen LogP) is 7.18. The third kappa shape index (κ3) is 9.89. The molecule has 4 amide bonds. The molecule has 2 aliphatic heterocycles. The number of methoxy groups -OCH3 is 1. The molecule has 64 heavy (non-hydrogen) atoms. The lowest BCUT2D eigenvalue weighted by Gasteiger charge is -2.34. The van der Waals surface area contributed by atoms with Gasteiger partial charge in [0.2, 0.25) is 27.7 Å². The second-order valence-electron chi connectivity index (χ2n) is 20.5. The molecule has 4 heterocycles. The number of amides is 4. The van der Waals surface area contributed by atoms with E-state index >= 15 is 4.79 Å². The largest absolute Gasteiger partial charge is 0.497 e. The normalized spacial score (nSPS) is 27.8. The Morgan fingerprint density at radius 1 is 1.08 bits per heavy atom. The molecule has 7 atom stereocenters. The van der Waals surface area contributed by atoms with E-state index in [0.29, 0.717) is 43.2 Å². The number of nitrogens with one attached hydrogen (secondary N) is 3. The van der Waals surface area contributed by atoms with Crippen LogP contribution in [0.5, 0.6) is 11.6 Å². The molecule has 1 saturated heterocycles. The molecule has 3 fully saturated rings. The number of rotatable bonds is 9. The summed E-state index contributed by atoms with van der Waals surface area (Å²) in [6.45, 7) is 17.2. The van der Waals surface area contributed by atoms with Gasteiger partial charge in [0.1, 0.15) is 40.1 Å². The Labute approximate surface area is 380 Å². The summed E-state index contributed by atoms with van der Waals surface area (Å²) >= 11 is 1.52. The summed E-state index contributed by atoms with van der Waals surface area (Å²) in [4.78, 5) is 68.7. The van der Waals surface area contributed by atoms with E-state index in [1.807, 2.05) is 42.7 Å². The van der Waals surface area contributed by atoms with Gasteiger partial charge in [-0.1, -0.05) is 53.2 Å². The highest BCUT2D eigenvalue weighted by molar-refractivity contribution is 7.91. The first-order valence-electron chi connectivity index (χ1n) is 22.4. The van der Waals surface area contributed by atoms with Crippen molar-refractivity contribution < 1.29 is 41.8 Å². The van der Waals surface area contributed by atoms with Crippen LogP contribution in [0, 0.1) is 17.8 Å². The van der Waals surface area contributed by atoms with E-state index < -0.39 is 73.8 Å². The Bertz CT molecular complexity index is 2430. The number of hydrogen-bond donors (Lipinski definition) is 3. The number of thiazole rings is 1. The molecule has 2 aliphatic carbocycles. The van der Waals surface area contributed by atoms with Crippen LogP contribution >= 0.6 is 11.3 Å². The van der Waals surface area contributed by atoms with Gasteiger partial charge in [0.25, 0.3) is 5.91 Å². The van der Waals surface area contributed by atoms with Crippen LogP contribution in [0.1, 0.15) is 119 Å². The predicted molar refractivity (Wildman–Crippen MR) is 245 cm³/mol. The number of fused-ring (bicyclic) bond motifs is 3. The molecule has 4 aliphatic rings. The second kappa shape index (κ2) is 17.6. The maximum atomic E-state index is 15.2. The first-order chi connectivity index (χ1) is 30.0. The van der Waals surface area contributed by atoms with Crippen molar-refractivity contribution in [3.05, 3.63) is 47.6 Å². The summed E-state index contributed by atoms with van der Waals surface area (Å²) in [6, 6.07) is 3.35. The monoisotopic (exact) mass is 920 g/mol.